The minimum Gasteiger partial charge on any atom is -0.381 e. The first-order valence-electron chi connectivity index (χ1n) is 31.2. The molecule has 0 radical (unpaired) electrons. The van der Waals surface area contributed by atoms with Gasteiger partial charge in [0.1, 0.15) is 18.0 Å². The number of hydrogen-bond donors (Lipinski definition) is 2. The number of benzene rings is 4. The summed E-state index contributed by atoms with van der Waals surface area (Å²) in [5.41, 5.74) is 3.27. The molecule has 12 heteroatoms. The number of ether oxygens (including phenoxy) is 3. The van der Waals surface area contributed by atoms with Crippen molar-refractivity contribution in [3.63, 3.8) is 0 Å². The van der Waals surface area contributed by atoms with Crippen LogP contribution in [0.25, 0.3) is 44.1 Å². The zero-order chi connectivity index (χ0) is 54.7. The minimum absolute atomic E-state index is 0.0553. The van der Waals surface area contributed by atoms with Crippen molar-refractivity contribution in [1.29, 1.82) is 0 Å². The van der Waals surface area contributed by atoms with E-state index >= 15 is 0 Å². The van der Waals surface area contributed by atoms with Crippen molar-refractivity contribution < 1.29 is 28.6 Å². The van der Waals surface area contributed by atoms with E-state index in [0.29, 0.717) is 49.0 Å². The zero-order valence-corrected chi connectivity index (χ0v) is 49.3. The third kappa shape index (κ3) is 22.7. The van der Waals surface area contributed by atoms with E-state index < -0.39 is 13.9 Å². The number of imidazole rings is 1. The summed E-state index contributed by atoms with van der Waals surface area (Å²) >= 11 is 0. The van der Waals surface area contributed by atoms with Crippen LogP contribution >= 0.6 is 7.60 Å². The molecule has 0 aliphatic rings. The van der Waals surface area contributed by atoms with Crippen molar-refractivity contribution >= 4 is 51.8 Å². The Morgan fingerprint density at radius 1 is 0.474 bits per heavy atom. The lowest BCUT2D eigenvalue weighted by molar-refractivity contribution is 0.127. The lowest BCUT2D eigenvalue weighted by atomic mass is 10.0. The first-order chi connectivity index (χ1) is 38.4. The molecule has 0 aliphatic carbocycles. The fourth-order valence-corrected chi connectivity index (χ4v) is 11.3. The predicted molar refractivity (Wildman–Crippen MR) is 327 cm³/mol. The molecule has 0 bridgehead atoms. The molecule has 6 rings (SSSR count). The van der Waals surface area contributed by atoms with Gasteiger partial charge in [0.25, 0.3) is 0 Å². The van der Waals surface area contributed by atoms with Crippen LogP contribution in [0.2, 0.25) is 0 Å². The van der Waals surface area contributed by atoms with Crippen LogP contribution in [0.3, 0.4) is 0 Å². The molecule has 2 N–H and O–H groups in total. The molecule has 0 spiro atoms. The third-order valence-electron chi connectivity index (χ3n) is 15.3. The normalized spacial score (nSPS) is 12.0. The Hall–Kier alpha value is -4.22. The average Bonchev–Trinajstić information content (AvgIpc) is 3.88. The van der Waals surface area contributed by atoms with Gasteiger partial charge in [-0.15, -0.1) is 0 Å². The monoisotopic (exact) mass is 1090 g/mol. The van der Waals surface area contributed by atoms with Crippen LogP contribution < -0.4 is 4.90 Å². The van der Waals surface area contributed by atoms with Crippen LogP contribution in [0.4, 0.5) is 11.5 Å². The summed E-state index contributed by atoms with van der Waals surface area (Å²) in [6.45, 7) is 8.31. The number of nitrogens with zero attached hydrogens (tertiary/aromatic N) is 5. The fourth-order valence-electron chi connectivity index (χ4n) is 10.9. The molecule has 0 unspecified atom stereocenters. The van der Waals surface area contributed by atoms with Gasteiger partial charge in [-0.3, -0.25) is 4.57 Å². The van der Waals surface area contributed by atoms with Crippen LogP contribution in [0.15, 0.2) is 84.9 Å². The number of fused-ring (bicyclic) bond motifs is 3. The van der Waals surface area contributed by atoms with Gasteiger partial charge in [0.2, 0.25) is 0 Å². The van der Waals surface area contributed by atoms with Gasteiger partial charge in [-0.25, -0.2) is 15.0 Å². The number of aryl methyl sites for hydroxylation is 1. The quantitative estimate of drug-likeness (QED) is 0.0281. The summed E-state index contributed by atoms with van der Waals surface area (Å²) in [6.07, 6.45) is 38.9. The lowest BCUT2D eigenvalue weighted by Crippen LogP contribution is -2.23. The first-order valence-corrected chi connectivity index (χ1v) is 33.0. The third-order valence-corrected chi connectivity index (χ3v) is 15.8. The molecule has 11 nitrogen and oxygen atoms in total. The van der Waals surface area contributed by atoms with E-state index in [0.717, 1.165) is 77.5 Å². The summed E-state index contributed by atoms with van der Waals surface area (Å²) < 4.78 is 32.2. The molecule has 0 saturated carbocycles. The van der Waals surface area contributed by atoms with E-state index in [9.17, 15) is 14.4 Å². The summed E-state index contributed by atoms with van der Waals surface area (Å²) in [6, 6.07) is 29.5. The number of aromatic nitrogens is 4. The maximum Gasteiger partial charge on any atom is 0.350 e. The second kappa shape index (κ2) is 37.7. The van der Waals surface area contributed by atoms with Crippen molar-refractivity contribution in [1.82, 2.24) is 19.5 Å². The van der Waals surface area contributed by atoms with Gasteiger partial charge in [-0.2, -0.15) is 0 Å². The highest BCUT2D eigenvalue weighted by Gasteiger charge is 2.25. The van der Waals surface area contributed by atoms with Gasteiger partial charge in [0.05, 0.1) is 12.3 Å². The summed E-state index contributed by atoms with van der Waals surface area (Å²) in [5, 5.41) is 4.38. The van der Waals surface area contributed by atoms with E-state index in [1.165, 1.54) is 167 Å². The largest absolute Gasteiger partial charge is 0.381 e. The molecule has 0 aliphatic heterocycles. The molecule has 78 heavy (non-hydrogen) atoms. The SMILES string of the molecule is CCCCCCCCCCCCCCCCOCCCc1nc(N(CCCOCCCCCCCCCCCCCCCC)c2cccc3ccccc23)c2nc(-c3cccc4ccccc34)n(CCOCP(=O)(O)O)c2n1. The highest BCUT2D eigenvalue weighted by Crippen LogP contribution is 2.39. The topological polar surface area (TPSA) is 132 Å². The van der Waals surface area contributed by atoms with Crippen LogP contribution in [0.5, 0.6) is 0 Å². The van der Waals surface area contributed by atoms with Gasteiger partial charge < -0.3 is 33.5 Å². The Morgan fingerprint density at radius 2 is 0.936 bits per heavy atom. The molecular formula is C66H100N5O6P. The average molecular weight is 1090 g/mol. The molecule has 430 valence electrons. The molecule has 2 heterocycles. The van der Waals surface area contributed by atoms with E-state index in [4.69, 9.17) is 29.2 Å². The second-order valence-electron chi connectivity index (χ2n) is 22.0. The standard InChI is InChI=1S/C66H100N5O6P/c1-3-5-7-9-11-13-15-17-19-21-23-25-27-33-50-75-52-37-47-62-67-65(63-66(68-62)71(49-54-77-55-78(72,73)74)64(69-63)60-45-35-41-56-39-29-31-43-58(56)60)70(61-46-36-42-57-40-30-32-44-59(57)61)48-38-53-76-51-34-28-26-24-22-20-18-16-14-12-10-8-6-4-2/h29-32,35-36,39-46H,3-28,33-34,37-38,47-55H2,1-2H3,(H2,72,73,74). The number of hydrogen-bond acceptors (Lipinski definition) is 8. The smallest absolute Gasteiger partial charge is 0.350 e. The number of unbranched alkanes of at least 4 members (excludes halogenated alkanes) is 26. The molecular weight excluding hydrogens is 990 g/mol. The van der Waals surface area contributed by atoms with Gasteiger partial charge in [-0.05, 0) is 47.9 Å². The highest BCUT2D eigenvalue weighted by molar-refractivity contribution is 7.51. The van der Waals surface area contributed by atoms with Crippen molar-refractivity contribution in [2.75, 3.05) is 50.8 Å². The maximum absolute atomic E-state index is 11.9. The summed E-state index contributed by atoms with van der Waals surface area (Å²) in [7, 11) is -4.38. The Bertz CT molecular complexity index is 2590. The van der Waals surface area contributed by atoms with Gasteiger partial charge >= 0.3 is 7.60 Å². The van der Waals surface area contributed by atoms with Crippen molar-refractivity contribution in [2.45, 2.75) is 219 Å². The fraction of sp³-hybridized carbons (Fsp3) is 0.621. The lowest BCUT2D eigenvalue weighted by Gasteiger charge is -2.26. The van der Waals surface area contributed by atoms with Gasteiger partial charge in [0.15, 0.2) is 17.0 Å². The van der Waals surface area contributed by atoms with Crippen molar-refractivity contribution in [2.24, 2.45) is 0 Å². The Balaban J connectivity index is 1.14. The predicted octanol–water partition coefficient (Wildman–Crippen LogP) is 18.4. The number of rotatable bonds is 46. The summed E-state index contributed by atoms with van der Waals surface area (Å²) in [5.74, 6) is 2.11. The van der Waals surface area contributed by atoms with Crippen LogP contribution in [-0.4, -0.2) is 75.2 Å². The zero-order valence-electron chi connectivity index (χ0n) is 48.4. The van der Waals surface area contributed by atoms with Crippen molar-refractivity contribution in [3.8, 4) is 11.4 Å². The molecule has 2 aromatic heterocycles. The molecule has 0 saturated heterocycles. The molecule has 4 aromatic carbocycles. The van der Waals surface area contributed by atoms with Gasteiger partial charge in [0, 0.05) is 56.9 Å². The number of anilines is 2. The molecule has 6 aromatic rings. The van der Waals surface area contributed by atoms with Crippen molar-refractivity contribution in [3.05, 3.63) is 90.8 Å². The minimum atomic E-state index is -4.38. The maximum atomic E-state index is 11.9. The van der Waals surface area contributed by atoms with E-state index in [2.05, 4.69) is 90.0 Å². The first kappa shape index (κ1) is 63.0. The molecule has 0 atom stereocenters. The van der Waals surface area contributed by atoms with Crippen LogP contribution in [0.1, 0.15) is 212 Å². The Morgan fingerprint density at radius 3 is 1.49 bits per heavy atom. The van der Waals surface area contributed by atoms with E-state index in [-0.39, 0.29) is 13.2 Å². The Kier molecular flexibility index (Phi) is 30.4. The second-order valence-corrected chi connectivity index (χ2v) is 23.6. The van der Waals surface area contributed by atoms with Crippen LogP contribution in [0, 0.1) is 0 Å². The van der Waals surface area contributed by atoms with E-state index in [1.54, 1.807) is 0 Å². The van der Waals surface area contributed by atoms with Crippen LogP contribution in [-0.2, 0) is 31.7 Å². The highest BCUT2D eigenvalue weighted by atomic mass is 31.2. The molecule has 0 amide bonds. The van der Waals surface area contributed by atoms with Gasteiger partial charge in [-0.1, -0.05) is 260 Å². The molecule has 0 fully saturated rings. The Labute approximate surface area is 470 Å². The summed E-state index contributed by atoms with van der Waals surface area (Å²) in [4.78, 5) is 37.9. The van der Waals surface area contributed by atoms with E-state index in [1.807, 2.05) is 18.2 Å².